The molecule has 0 bridgehead atoms. The number of aromatic nitrogens is 3. The Morgan fingerprint density at radius 1 is 1.24 bits per heavy atom. The smallest absolute Gasteiger partial charge is 0.275 e. The Morgan fingerprint density at radius 2 is 2.00 bits per heavy atom. The first-order chi connectivity index (χ1) is 12.0. The van der Waals surface area contributed by atoms with Gasteiger partial charge in [-0.2, -0.15) is 5.10 Å². The summed E-state index contributed by atoms with van der Waals surface area (Å²) in [5, 5.41) is 8.70. The highest BCUT2D eigenvalue weighted by molar-refractivity contribution is 6.32. The Bertz CT molecular complexity index is 919. The van der Waals surface area contributed by atoms with Crippen molar-refractivity contribution in [2.45, 2.75) is 13.5 Å². The van der Waals surface area contributed by atoms with Crippen LogP contribution in [0.25, 0.3) is 10.9 Å². The molecule has 2 heterocycles. The van der Waals surface area contributed by atoms with Crippen LogP contribution >= 0.6 is 11.6 Å². The minimum absolute atomic E-state index is 0.234. The van der Waals surface area contributed by atoms with Crippen LogP contribution in [0.1, 0.15) is 16.1 Å². The molecule has 25 heavy (non-hydrogen) atoms. The van der Waals surface area contributed by atoms with E-state index in [0.717, 1.165) is 23.0 Å². The molecule has 1 aromatic carbocycles. The molecule has 0 unspecified atom stereocenters. The molecule has 3 aromatic rings. The number of carbonyl (C=O) groups excluding carboxylic acids is 1. The van der Waals surface area contributed by atoms with Crippen LogP contribution in [0.2, 0.25) is 5.02 Å². The summed E-state index contributed by atoms with van der Waals surface area (Å²) < 4.78 is 1.69. The fourth-order valence-corrected chi connectivity index (χ4v) is 2.71. The number of nitrogens with zero attached hydrogens (tertiary/aromatic N) is 4. The van der Waals surface area contributed by atoms with Crippen molar-refractivity contribution >= 4 is 34.2 Å². The molecule has 3 rings (SSSR count). The van der Waals surface area contributed by atoms with Gasteiger partial charge >= 0.3 is 0 Å². The van der Waals surface area contributed by atoms with Crippen molar-refractivity contribution in [3.63, 3.8) is 0 Å². The first-order valence-electron chi connectivity index (χ1n) is 7.99. The summed E-state index contributed by atoms with van der Waals surface area (Å²) >= 11 is 6.17. The van der Waals surface area contributed by atoms with Gasteiger partial charge < -0.3 is 10.2 Å². The van der Waals surface area contributed by atoms with Crippen LogP contribution in [0.5, 0.6) is 0 Å². The summed E-state index contributed by atoms with van der Waals surface area (Å²) in [6, 6.07) is 9.18. The number of halogens is 1. The van der Waals surface area contributed by atoms with Crippen molar-refractivity contribution in [2.24, 2.45) is 0 Å². The second-order valence-electron chi connectivity index (χ2n) is 6.14. The third-order valence-corrected chi connectivity index (χ3v) is 4.41. The fourth-order valence-electron chi connectivity index (χ4n) is 2.55. The van der Waals surface area contributed by atoms with Crippen molar-refractivity contribution in [1.82, 2.24) is 19.7 Å². The van der Waals surface area contributed by atoms with Gasteiger partial charge in [-0.25, -0.2) is 4.98 Å². The average Bonchev–Trinajstić information content (AvgIpc) is 3.05. The summed E-state index contributed by atoms with van der Waals surface area (Å²) in [5.41, 5.74) is 2.18. The Labute approximate surface area is 151 Å². The summed E-state index contributed by atoms with van der Waals surface area (Å²) in [6.45, 7) is 3.36. The normalized spacial score (nSPS) is 11.2. The number of carbonyl (C=O) groups is 1. The molecule has 1 N–H and O–H groups in total. The lowest BCUT2D eigenvalue weighted by Crippen LogP contribution is -2.23. The third kappa shape index (κ3) is 3.81. The van der Waals surface area contributed by atoms with Gasteiger partial charge in [0.1, 0.15) is 11.5 Å². The molecule has 6 nitrogen and oxygen atoms in total. The highest BCUT2D eigenvalue weighted by Gasteiger charge is 2.14. The molecule has 1 amide bonds. The Kier molecular flexibility index (Phi) is 5.01. The Hall–Kier alpha value is -2.44. The van der Waals surface area contributed by atoms with Crippen LogP contribution in [0.15, 0.2) is 36.5 Å². The number of benzene rings is 1. The number of fused-ring (bicyclic) bond motifs is 1. The first-order valence-corrected chi connectivity index (χ1v) is 8.37. The minimum atomic E-state index is -0.234. The molecule has 0 aliphatic rings. The van der Waals surface area contributed by atoms with E-state index in [1.165, 1.54) is 0 Å². The van der Waals surface area contributed by atoms with E-state index in [0.29, 0.717) is 23.1 Å². The zero-order valence-corrected chi connectivity index (χ0v) is 15.2. The van der Waals surface area contributed by atoms with Crippen LogP contribution in [-0.2, 0) is 6.54 Å². The van der Waals surface area contributed by atoms with Crippen LogP contribution < -0.4 is 5.32 Å². The fraction of sp³-hybridized carbons (Fsp3) is 0.278. The first kappa shape index (κ1) is 17.4. The van der Waals surface area contributed by atoms with Gasteiger partial charge in [0.15, 0.2) is 0 Å². The molecule has 0 radical (unpaired) electrons. The molecular formula is C18H20ClN5O. The van der Waals surface area contributed by atoms with Gasteiger partial charge in [0.25, 0.3) is 5.91 Å². The zero-order valence-electron chi connectivity index (χ0n) is 14.5. The lowest BCUT2D eigenvalue weighted by Gasteiger charge is -2.12. The van der Waals surface area contributed by atoms with Gasteiger partial charge in [-0.3, -0.25) is 9.48 Å². The topological polar surface area (TPSA) is 63.1 Å². The molecule has 7 heteroatoms. The van der Waals surface area contributed by atoms with Crippen molar-refractivity contribution < 1.29 is 4.79 Å². The largest absolute Gasteiger partial charge is 0.308 e. The SMILES string of the molecule is Cc1c(Cl)ccc2ccc(NC(=O)c3ccnn3CCN(C)C)nc12. The van der Waals surface area contributed by atoms with Crippen LogP contribution in [0.3, 0.4) is 0 Å². The highest BCUT2D eigenvalue weighted by atomic mass is 35.5. The second-order valence-corrected chi connectivity index (χ2v) is 6.54. The predicted octanol–water partition coefficient (Wildman–Crippen LogP) is 3.21. The number of likely N-dealkylation sites (N-methyl/N-ethyl adjacent to an activating group) is 1. The molecule has 0 atom stereocenters. The number of amides is 1. The summed E-state index contributed by atoms with van der Waals surface area (Å²) in [5.74, 6) is 0.256. The number of pyridine rings is 1. The maximum Gasteiger partial charge on any atom is 0.275 e. The number of hydrogen-bond donors (Lipinski definition) is 1. The molecule has 0 aliphatic carbocycles. The van der Waals surface area contributed by atoms with Gasteiger partial charge in [0, 0.05) is 23.2 Å². The standard InChI is InChI=1S/C18H20ClN5O/c1-12-14(19)6-4-13-5-7-16(21-17(12)13)22-18(25)15-8-9-20-24(15)11-10-23(2)3/h4-9H,10-11H2,1-3H3,(H,21,22,25). The molecule has 2 aromatic heterocycles. The zero-order chi connectivity index (χ0) is 18.0. The van der Waals surface area contributed by atoms with E-state index < -0.39 is 0 Å². The quantitative estimate of drug-likeness (QED) is 0.761. The number of hydrogen-bond acceptors (Lipinski definition) is 4. The average molecular weight is 358 g/mol. The number of nitrogens with one attached hydrogen (secondary N) is 1. The van der Waals surface area contributed by atoms with Gasteiger partial charge in [0.05, 0.1) is 12.1 Å². The lowest BCUT2D eigenvalue weighted by atomic mass is 10.1. The van der Waals surface area contributed by atoms with Gasteiger partial charge in [-0.15, -0.1) is 0 Å². The maximum atomic E-state index is 12.6. The van der Waals surface area contributed by atoms with Crippen LogP contribution in [0, 0.1) is 6.92 Å². The monoisotopic (exact) mass is 357 g/mol. The van der Waals surface area contributed by atoms with Crippen LogP contribution in [0.4, 0.5) is 5.82 Å². The highest BCUT2D eigenvalue weighted by Crippen LogP contribution is 2.25. The lowest BCUT2D eigenvalue weighted by molar-refractivity contribution is 0.101. The Balaban J connectivity index is 1.83. The summed E-state index contributed by atoms with van der Waals surface area (Å²) in [6.07, 6.45) is 1.63. The number of rotatable bonds is 5. The van der Waals surface area contributed by atoms with E-state index >= 15 is 0 Å². The molecular weight excluding hydrogens is 338 g/mol. The molecule has 0 saturated carbocycles. The van der Waals surface area contributed by atoms with E-state index in [2.05, 4.69) is 15.4 Å². The van der Waals surface area contributed by atoms with Crippen molar-refractivity contribution in [3.8, 4) is 0 Å². The Morgan fingerprint density at radius 3 is 2.76 bits per heavy atom. The summed E-state index contributed by atoms with van der Waals surface area (Å²) in [7, 11) is 3.96. The number of anilines is 1. The van der Waals surface area contributed by atoms with E-state index in [9.17, 15) is 4.79 Å². The van der Waals surface area contributed by atoms with Gasteiger partial charge in [-0.1, -0.05) is 17.7 Å². The van der Waals surface area contributed by atoms with Crippen molar-refractivity contribution in [2.75, 3.05) is 26.0 Å². The van der Waals surface area contributed by atoms with Crippen molar-refractivity contribution in [1.29, 1.82) is 0 Å². The minimum Gasteiger partial charge on any atom is -0.308 e. The van der Waals surface area contributed by atoms with Gasteiger partial charge in [-0.05, 0) is 50.8 Å². The molecule has 0 fully saturated rings. The molecule has 0 aliphatic heterocycles. The number of aryl methyl sites for hydroxylation is 1. The van der Waals surface area contributed by atoms with E-state index in [1.54, 1.807) is 23.0 Å². The van der Waals surface area contributed by atoms with E-state index in [4.69, 9.17) is 11.6 Å². The summed E-state index contributed by atoms with van der Waals surface area (Å²) in [4.78, 5) is 19.2. The molecule has 0 saturated heterocycles. The maximum absolute atomic E-state index is 12.6. The van der Waals surface area contributed by atoms with Crippen LogP contribution in [-0.4, -0.2) is 46.2 Å². The van der Waals surface area contributed by atoms with Gasteiger partial charge in [0.2, 0.25) is 0 Å². The predicted molar refractivity (Wildman–Crippen MR) is 100 cm³/mol. The second kappa shape index (κ2) is 7.21. The molecule has 0 spiro atoms. The molecule has 130 valence electrons. The van der Waals surface area contributed by atoms with E-state index in [-0.39, 0.29) is 5.91 Å². The third-order valence-electron chi connectivity index (χ3n) is 4.00. The van der Waals surface area contributed by atoms with E-state index in [1.807, 2.05) is 44.1 Å². The van der Waals surface area contributed by atoms with Crippen molar-refractivity contribution in [3.05, 3.63) is 52.8 Å².